The van der Waals surface area contributed by atoms with E-state index >= 15 is 0 Å². The second-order valence-electron chi connectivity index (χ2n) is 8.94. The molecular formula is C26H26Cl2N6O2S. The first-order valence-corrected chi connectivity index (χ1v) is 14.4. The minimum atomic E-state index is -2.22. The third-order valence-corrected chi connectivity index (χ3v) is 9.00. The summed E-state index contributed by atoms with van der Waals surface area (Å²) in [4.78, 5) is 10.6. The van der Waals surface area contributed by atoms with Crippen LogP contribution in [0.4, 0.5) is 5.69 Å². The first-order valence-electron chi connectivity index (χ1n) is 11.8. The molecule has 1 aromatic carbocycles. The van der Waals surface area contributed by atoms with Crippen LogP contribution in [0.1, 0.15) is 30.0 Å². The highest BCUT2D eigenvalue weighted by atomic mass is 35.5. The zero-order valence-corrected chi connectivity index (χ0v) is 22.7. The topological polar surface area (TPSA) is 96.4 Å². The summed E-state index contributed by atoms with van der Waals surface area (Å²) in [5.41, 5.74) is 3.70. The van der Waals surface area contributed by atoms with Crippen LogP contribution in [0.25, 0.3) is 23.1 Å². The van der Waals surface area contributed by atoms with Gasteiger partial charge in [0.15, 0.2) is 0 Å². The molecule has 1 unspecified atom stereocenters. The molecule has 1 aliphatic rings. The number of rotatable bonds is 6. The fourth-order valence-electron chi connectivity index (χ4n) is 4.10. The maximum absolute atomic E-state index is 12.9. The van der Waals surface area contributed by atoms with Gasteiger partial charge in [-0.15, -0.1) is 0 Å². The Kier molecular flexibility index (Phi) is 7.48. The van der Waals surface area contributed by atoms with Crippen LogP contribution in [0.15, 0.2) is 53.3 Å². The van der Waals surface area contributed by atoms with Crippen LogP contribution >= 0.6 is 23.2 Å². The van der Waals surface area contributed by atoms with E-state index in [4.69, 9.17) is 27.9 Å². The Morgan fingerprint density at radius 1 is 1.11 bits per heavy atom. The summed E-state index contributed by atoms with van der Waals surface area (Å²) in [6.45, 7) is 3.48. The minimum Gasteiger partial charge on any atom is -0.486 e. The molecule has 1 N–H and O–H groups in total. The molecule has 5 rings (SSSR count). The Hall–Kier alpha value is -2.98. The number of H-pyrrole nitrogens is 1. The van der Waals surface area contributed by atoms with E-state index in [1.165, 1.54) is 0 Å². The van der Waals surface area contributed by atoms with E-state index in [0.717, 1.165) is 35.4 Å². The van der Waals surface area contributed by atoms with Gasteiger partial charge in [-0.25, -0.2) is 4.21 Å². The van der Waals surface area contributed by atoms with Gasteiger partial charge >= 0.3 is 0 Å². The zero-order chi connectivity index (χ0) is 26.0. The molecule has 3 aromatic heterocycles. The summed E-state index contributed by atoms with van der Waals surface area (Å²) in [6.07, 6.45) is 8.16. The van der Waals surface area contributed by atoms with Crippen molar-refractivity contribution in [3.8, 4) is 5.75 Å². The average molecular weight is 558 g/mol. The second-order valence-corrected chi connectivity index (χ2v) is 12.3. The van der Waals surface area contributed by atoms with Crippen LogP contribution in [0.3, 0.4) is 0 Å². The van der Waals surface area contributed by atoms with E-state index in [9.17, 15) is 4.21 Å². The van der Waals surface area contributed by atoms with Gasteiger partial charge in [0.2, 0.25) is 0 Å². The summed E-state index contributed by atoms with van der Waals surface area (Å²) in [5.74, 6) is 1.83. The van der Waals surface area contributed by atoms with Crippen molar-refractivity contribution in [1.29, 1.82) is 0 Å². The number of benzene rings is 1. The summed E-state index contributed by atoms with van der Waals surface area (Å²) < 4.78 is 23.6. The third-order valence-electron chi connectivity index (χ3n) is 6.21. The molecule has 0 bridgehead atoms. The summed E-state index contributed by atoms with van der Waals surface area (Å²) in [6, 6.07) is 9.41. The maximum atomic E-state index is 12.9. The fraction of sp³-hybridized carbons (Fsp3) is 0.269. The lowest BCUT2D eigenvalue weighted by Crippen LogP contribution is -2.37. The lowest BCUT2D eigenvalue weighted by Gasteiger charge is -2.24. The molecule has 0 amide bonds. The van der Waals surface area contributed by atoms with Gasteiger partial charge in [-0.05, 0) is 56.5 Å². The van der Waals surface area contributed by atoms with Crippen LogP contribution < -0.4 is 4.74 Å². The highest BCUT2D eigenvalue weighted by Gasteiger charge is 2.18. The molecule has 192 valence electrons. The number of hydrogen-bond acceptors (Lipinski definition) is 7. The number of nitrogens with zero attached hydrogens (tertiary/aromatic N) is 5. The molecule has 4 heterocycles. The summed E-state index contributed by atoms with van der Waals surface area (Å²) >= 11 is 12.6. The van der Waals surface area contributed by atoms with Gasteiger partial charge in [0, 0.05) is 47.9 Å². The van der Waals surface area contributed by atoms with E-state index in [-0.39, 0.29) is 6.10 Å². The van der Waals surface area contributed by atoms with Crippen LogP contribution in [0.2, 0.25) is 10.0 Å². The van der Waals surface area contributed by atoms with E-state index < -0.39 is 9.73 Å². The minimum absolute atomic E-state index is 0.371. The molecule has 1 aliphatic heterocycles. The summed E-state index contributed by atoms with van der Waals surface area (Å²) in [5, 5.41) is 9.27. The van der Waals surface area contributed by atoms with Crippen molar-refractivity contribution in [1.82, 2.24) is 25.1 Å². The monoisotopic (exact) mass is 556 g/mol. The van der Waals surface area contributed by atoms with Crippen molar-refractivity contribution >= 4 is 61.7 Å². The number of nitrogens with one attached hydrogen (secondary N) is 1. The van der Waals surface area contributed by atoms with Gasteiger partial charge in [0.25, 0.3) is 0 Å². The average Bonchev–Trinajstić information content (AvgIpc) is 3.28. The van der Waals surface area contributed by atoms with E-state index in [1.807, 2.05) is 56.5 Å². The standard InChI is InChI=1S/C26H26Cl2N6O2S/c1-17(26-22(27)15-29-16-23(26)28)36-20-6-8-25-21(13-20)24(31-32-25)7-5-18-3-4-19(14-30-18)33-37(35)11-9-34(2)10-12-37/h3-8,13-17H,9-12H2,1-2H3,(H,31,32)/b7-5+. The molecule has 11 heteroatoms. The molecule has 4 aromatic rings. The molecule has 0 aliphatic carbocycles. The third kappa shape index (κ3) is 5.96. The van der Waals surface area contributed by atoms with Crippen molar-refractivity contribution in [3.63, 3.8) is 0 Å². The highest BCUT2D eigenvalue weighted by molar-refractivity contribution is 7.93. The SMILES string of the molecule is CC(Oc1ccc2[nH]nc(/C=C/c3ccc(N=S4(=O)CCN(C)CC4)cn3)c2c1)c1c(Cl)cncc1Cl. The number of halogens is 2. The largest absolute Gasteiger partial charge is 0.486 e. The Balaban J connectivity index is 1.32. The Labute approximate surface area is 225 Å². The molecule has 0 radical (unpaired) electrons. The first kappa shape index (κ1) is 25.7. The predicted octanol–water partition coefficient (Wildman–Crippen LogP) is 6.02. The van der Waals surface area contributed by atoms with Crippen LogP contribution in [-0.2, 0) is 9.73 Å². The van der Waals surface area contributed by atoms with E-state index in [2.05, 4.69) is 29.4 Å². The maximum Gasteiger partial charge on any atom is 0.124 e. The quantitative estimate of drug-likeness (QED) is 0.312. The first-order chi connectivity index (χ1) is 17.8. The smallest absolute Gasteiger partial charge is 0.124 e. The Morgan fingerprint density at radius 2 is 1.86 bits per heavy atom. The number of aromatic nitrogens is 4. The number of hydrogen-bond donors (Lipinski definition) is 1. The zero-order valence-electron chi connectivity index (χ0n) is 20.4. The lowest BCUT2D eigenvalue weighted by molar-refractivity contribution is 0.227. The van der Waals surface area contributed by atoms with E-state index in [0.29, 0.717) is 38.6 Å². The number of aromatic amines is 1. The number of fused-ring (bicyclic) bond motifs is 1. The summed E-state index contributed by atoms with van der Waals surface area (Å²) in [7, 11) is -0.180. The van der Waals surface area contributed by atoms with Gasteiger partial charge in [-0.1, -0.05) is 23.2 Å². The van der Waals surface area contributed by atoms with Crippen LogP contribution in [-0.4, -0.2) is 60.9 Å². The van der Waals surface area contributed by atoms with E-state index in [1.54, 1.807) is 18.6 Å². The van der Waals surface area contributed by atoms with Crippen molar-refractivity contribution in [2.45, 2.75) is 13.0 Å². The molecule has 8 nitrogen and oxygen atoms in total. The predicted molar refractivity (Wildman–Crippen MR) is 150 cm³/mol. The number of pyridine rings is 2. The van der Waals surface area contributed by atoms with Crippen molar-refractivity contribution < 1.29 is 8.95 Å². The van der Waals surface area contributed by atoms with Crippen molar-refractivity contribution in [2.24, 2.45) is 4.36 Å². The van der Waals surface area contributed by atoms with Gasteiger partial charge in [0.1, 0.15) is 11.9 Å². The van der Waals surface area contributed by atoms with Gasteiger partial charge in [-0.2, -0.15) is 9.46 Å². The molecular weight excluding hydrogens is 531 g/mol. The highest BCUT2D eigenvalue weighted by Crippen LogP contribution is 2.33. The van der Waals surface area contributed by atoms with Crippen LogP contribution in [0.5, 0.6) is 5.75 Å². The van der Waals surface area contributed by atoms with Crippen LogP contribution in [0, 0.1) is 0 Å². The Bertz CT molecular complexity index is 1540. The molecule has 1 saturated heterocycles. The van der Waals surface area contributed by atoms with Crippen molar-refractivity contribution in [2.75, 3.05) is 31.6 Å². The molecule has 1 fully saturated rings. The van der Waals surface area contributed by atoms with Crippen molar-refractivity contribution in [3.05, 3.63) is 75.9 Å². The number of ether oxygens (including phenoxy) is 1. The second kappa shape index (κ2) is 10.8. The van der Waals surface area contributed by atoms with Gasteiger partial charge in [-0.3, -0.25) is 15.1 Å². The molecule has 0 spiro atoms. The van der Waals surface area contributed by atoms with Gasteiger partial charge < -0.3 is 9.64 Å². The molecule has 0 saturated carbocycles. The lowest BCUT2D eigenvalue weighted by atomic mass is 10.1. The molecule has 1 atom stereocenters. The van der Waals surface area contributed by atoms with Gasteiger partial charge in [0.05, 0.1) is 48.6 Å². The normalized spacial score (nSPS) is 16.8. The fourth-order valence-corrected chi connectivity index (χ4v) is 6.84. The Morgan fingerprint density at radius 3 is 2.57 bits per heavy atom. The molecule has 37 heavy (non-hydrogen) atoms.